The normalized spacial score (nSPS) is 19.9. The summed E-state index contributed by atoms with van der Waals surface area (Å²) in [5.41, 5.74) is -0.343. The predicted molar refractivity (Wildman–Crippen MR) is 109 cm³/mol. The zero-order valence-electron chi connectivity index (χ0n) is 17.5. The third-order valence-electron chi connectivity index (χ3n) is 5.49. The van der Waals surface area contributed by atoms with Gasteiger partial charge in [-0.3, -0.25) is 9.69 Å². The average Bonchev–Trinajstić information content (AvgIpc) is 2.74. The molecule has 0 spiro atoms. The third kappa shape index (κ3) is 6.41. The number of carbonyl (C=O) groups excluding carboxylic acids is 1. The van der Waals surface area contributed by atoms with Crippen LogP contribution in [0.25, 0.3) is 0 Å². The number of piperidine rings is 1. The Balaban J connectivity index is 1.62. The highest BCUT2D eigenvalue weighted by Gasteiger charge is 2.43. The highest BCUT2D eigenvalue weighted by atomic mass is 19.4. The summed E-state index contributed by atoms with van der Waals surface area (Å²) in [6, 6.07) is 11.7. The number of alkyl halides is 5. The van der Waals surface area contributed by atoms with E-state index in [9.17, 15) is 26.7 Å². The van der Waals surface area contributed by atoms with Crippen LogP contribution in [0, 0.1) is 0 Å². The molecule has 2 aromatic rings. The number of ether oxygens (including phenoxy) is 1. The summed E-state index contributed by atoms with van der Waals surface area (Å²) in [4.78, 5) is 14.5. The van der Waals surface area contributed by atoms with Gasteiger partial charge in [0.05, 0.1) is 17.6 Å². The number of hydrogen-bond donors (Lipinski definition) is 1. The van der Waals surface area contributed by atoms with Crippen molar-refractivity contribution in [2.75, 3.05) is 19.7 Å². The lowest BCUT2D eigenvalue weighted by Crippen LogP contribution is -2.55. The number of nitrogens with one attached hydrogen (secondary N) is 1. The van der Waals surface area contributed by atoms with E-state index in [1.165, 1.54) is 12.1 Å². The molecule has 0 saturated carbocycles. The Morgan fingerprint density at radius 2 is 1.81 bits per heavy atom. The molecule has 1 amide bonds. The number of hydrogen-bond acceptors (Lipinski definition) is 3. The number of halogens is 5. The maximum atomic E-state index is 14.0. The first-order valence-corrected chi connectivity index (χ1v) is 10.3. The number of para-hydroxylation sites is 1. The van der Waals surface area contributed by atoms with Gasteiger partial charge in [0.25, 0.3) is 5.92 Å². The van der Waals surface area contributed by atoms with E-state index in [4.69, 9.17) is 4.74 Å². The standard InChI is InChI=1S/C23H25F5N2O2/c1-16(17-7-9-18(10-8-17)23(26,27)28)29-21(31)20-15-22(24,25)11-12-30(20)13-14-32-19-5-3-2-4-6-19/h2-10,16,20H,11-15H2,1H3,(H,29,31)/t16-,20-/m0/s1. The van der Waals surface area contributed by atoms with Crippen LogP contribution >= 0.6 is 0 Å². The van der Waals surface area contributed by atoms with E-state index in [0.717, 1.165) is 12.1 Å². The Morgan fingerprint density at radius 3 is 2.44 bits per heavy atom. The zero-order valence-corrected chi connectivity index (χ0v) is 17.5. The van der Waals surface area contributed by atoms with Gasteiger partial charge in [0.1, 0.15) is 12.4 Å². The summed E-state index contributed by atoms with van der Waals surface area (Å²) >= 11 is 0. The minimum absolute atomic E-state index is 0.0396. The molecule has 32 heavy (non-hydrogen) atoms. The number of rotatable bonds is 7. The van der Waals surface area contributed by atoms with Gasteiger partial charge in [-0.2, -0.15) is 13.2 Å². The van der Waals surface area contributed by atoms with Gasteiger partial charge in [-0.05, 0) is 36.8 Å². The predicted octanol–water partition coefficient (Wildman–Crippen LogP) is 5.06. The van der Waals surface area contributed by atoms with Gasteiger partial charge < -0.3 is 10.1 Å². The molecular formula is C23H25F5N2O2. The van der Waals surface area contributed by atoms with Crippen LogP contribution in [0.3, 0.4) is 0 Å². The van der Waals surface area contributed by atoms with Crippen LogP contribution < -0.4 is 10.1 Å². The van der Waals surface area contributed by atoms with Crippen molar-refractivity contribution < 1.29 is 31.5 Å². The number of amides is 1. The summed E-state index contributed by atoms with van der Waals surface area (Å²) in [6.07, 6.45) is -5.43. The maximum Gasteiger partial charge on any atom is 0.416 e. The Labute approximate surface area is 183 Å². The lowest BCUT2D eigenvalue weighted by Gasteiger charge is -2.38. The molecule has 1 saturated heterocycles. The van der Waals surface area contributed by atoms with E-state index in [1.54, 1.807) is 24.0 Å². The van der Waals surface area contributed by atoms with Gasteiger partial charge in [-0.25, -0.2) is 8.78 Å². The molecule has 174 valence electrons. The molecule has 3 rings (SSSR count). The van der Waals surface area contributed by atoms with Gasteiger partial charge in [-0.1, -0.05) is 30.3 Å². The van der Waals surface area contributed by atoms with Crippen LogP contribution in [0.15, 0.2) is 54.6 Å². The van der Waals surface area contributed by atoms with E-state index in [1.807, 2.05) is 18.2 Å². The molecule has 9 heteroatoms. The molecule has 0 unspecified atom stereocenters. The van der Waals surface area contributed by atoms with Crippen molar-refractivity contribution in [3.05, 3.63) is 65.7 Å². The summed E-state index contributed by atoms with van der Waals surface area (Å²) < 4.78 is 71.9. The number of benzene rings is 2. The molecule has 0 aromatic heterocycles. The maximum absolute atomic E-state index is 14.0. The van der Waals surface area contributed by atoms with E-state index < -0.39 is 42.1 Å². The first kappa shape index (κ1) is 24.0. The van der Waals surface area contributed by atoms with Crippen LogP contribution in [-0.2, 0) is 11.0 Å². The van der Waals surface area contributed by atoms with Crippen LogP contribution in [0.4, 0.5) is 22.0 Å². The van der Waals surface area contributed by atoms with E-state index in [-0.39, 0.29) is 26.1 Å². The highest BCUT2D eigenvalue weighted by molar-refractivity contribution is 5.82. The molecule has 1 aliphatic rings. The molecule has 0 aliphatic carbocycles. The van der Waals surface area contributed by atoms with Crippen molar-refractivity contribution in [2.45, 2.75) is 43.9 Å². The van der Waals surface area contributed by atoms with E-state index >= 15 is 0 Å². The molecule has 0 radical (unpaired) electrons. The lowest BCUT2D eigenvalue weighted by atomic mass is 9.97. The minimum atomic E-state index is -4.46. The third-order valence-corrected chi connectivity index (χ3v) is 5.49. The highest BCUT2D eigenvalue weighted by Crippen LogP contribution is 2.33. The second-order valence-electron chi connectivity index (χ2n) is 7.87. The van der Waals surface area contributed by atoms with Gasteiger partial charge in [0.15, 0.2) is 0 Å². The number of carbonyl (C=O) groups is 1. The van der Waals surface area contributed by atoms with Crippen molar-refractivity contribution in [1.82, 2.24) is 10.2 Å². The second-order valence-corrected chi connectivity index (χ2v) is 7.87. The van der Waals surface area contributed by atoms with Crippen LogP contribution in [0.5, 0.6) is 5.75 Å². The van der Waals surface area contributed by atoms with Crippen LogP contribution in [0.2, 0.25) is 0 Å². The first-order chi connectivity index (χ1) is 15.0. The first-order valence-electron chi connectivity index (χ1n) is 10.3. The number of likely N-dealkylation sites (tertiary alicyclic amines) is 1. The van der Waals surface area contributed by atoms with E-state index in [2.05, 4.69) is 5.32 Å². The van der Waals surface area contributed by atoms with Gasteiger partial charge in [0, 0.05) is 25.9 Å². The Kier molecular flexibility index (Phi) is 7.38. The summed E-state index contributed by atoms with van der Waals surface area (Å²) in [5.74, 6) is -2.90. The molecule has 1 fully saturated rings. The van der Waals surface area contributed by atoms with Crippen molar-refractivity contribution in [3.8, 4) is 5.75 Å². The molecule has 4 nitrogen and oxygen atoms in total. The zero-order chi connectivity index (χ0) is 23.4. The fourth-order valence-corrected chi connectivity index (χ4v) is 3.65. The molecule has 1 aliphatic heterocycles. The smallest absolute Gasteiger partial charge is 0.416 e. The van der Waals surface area contributed by atoms with Crippen molar-refractivity contribution in [1.29, 1.82) is 0 Å². The molecule has 1 heterocycles. The Hall–Kier alpha value is -2.68. The minimum Gasteiger partial charge on any atom is -0.492 e. The van der Waals surface area contributed by atoms with Crippen LogP contribution in [-0.4, -0.2) is 42.5 Å². The van der Waals surface area contributed by atoms with Gasteiger partial charge >= 0.3 is 6.18 Å². The summed E-state index contributed by atoms with van der Waals surface area (Å²) in [7, 11) is 0. The quantitative estimate of drug-likeness (QED) is 0.592. The summed E-state index contributed by atoms with van der Waals surface area (Å²) in [6.45, 7) is 2.16. The van der Waals surface area contributed by atoms with Crippen LogP contribution in [0.1, 0.15) is 36.9 Å². The van der Waals surface area contributed by atoms with Crippen molar-refractivity contribution in [2.24, 2.45) is 0 Å². The van der Waals surface area contributed by atoms with E-state index in [0.29, 0.717) is 11.3 Å². The molecule has 2 atom stereocenters. The van der Waals surface area contributed by atoms with Gasteiger partial charge in [0.2, 0.25) is 5.91 Å². The molecule has 2 aromatic carbocycles. The lowest BCUT2D eigenvalue weighted by molar-refractivity contribution is -0.138. The summed E-state index contributed by atoms with van der Waals surface area (Å²) in [5, 5.41) is 2.66. The second kappa shape index (κ2) is 9.85. The Morgan fingerprint density at radius 1 is 1.16 bits per heavy atom. The molecule has 1 N–H and O–H groups in total. The Bertz CT molecular complexity index is 888. The van der Waals surface area contributed by atoms with Crippen molar-refractivity contribution in [3.63, 3.8) is 0 Å². The molecule has 0 bridgehead atoms. The molecular weight excluding hydrogens is 431 g/mol. The van der Waals surface area contributed by atoms with Crippen molar-refractivity contribution >= 4 is 5.91 Å². The topological polar surface area (TPSA) is 41.6 Å². The fourth-order valence-electron chi connectivity index (χ4n) is 3.65. The van der Waals surface area contributed by atoms with Gasteiger partial charge in [-0.15, -0.1) is 0 Å². The largest absolute Gasteiger partial charge is 0.492 e. The fraction of sp³-hybridized carbons (Fsp3) is 0.435. The number of nitrogens with zero attached hydrogens (tertiary/aromatic N) is 1. The average molecular weight is 456 g/mol. The SMILES string of the molecule is C[C@H](NC(=O)[C@@H]1CC(F)(F)CCN1CCOc1ccccc1)c1ccc(C(F)(F)F)cc1. The monoisotopic (exact) mass is 456 g/mol.